The van der Waals surface area contributed by atoms with Gasteiger partial charge in [0.15, 0.2) is 0 Å². The van der Waals surface area contributed by atoms with Crippen molar-refractivity contribution in [2.24, 2.45) is 5.73 Å². The first kappa shape index (κ1) is 19.6. The van der Waals surface area contributed by atoms with Gasteiger partial charge in [-0.3, -0.25) is 14.7 Å². The maximum absolute atomic E-state index is 12.8. The van der Waals surface area contributed by atoms with Crippen LogP contribution in [0.4, 0.5) is 0 Å². The molecule has 3 heterocycles. The molecule has 150 valence electrons. The zero-order valence-corrected chi connectivity index (χ0v) is 16.7. The molecule has 3 N–H and O–H groups in total. The number of pyridine rings is 1. The summed E-state index contributed by atoms with van der Waals surface area (Å²) >= 11 is 6.70. The van der Waals surface area contributed by atoms with Crippen molar-refractivity contribution in [1.82, 2.24) is 15.2 Å². The van der Waals surface area contributed by atoms with Gasteiger partial charge in [-0.2, -0.15) is 0 Å². The third-order valence-corrected chi connectivity index (χ3v) is 6.62. The molecule has 28 heavy (non-hydrogen) atoms. The number of para-hydroxylation sites is 1. The fourth-order valence-corrected chi connectivity index (χ4v) is 4.56. The van der Waals surface area contributed by atoms with Gasteiger partial charge in [0.1, 0.15) is 0 Å². The van der Waals surface area contributed by atoms with Gasteiger partial charge in [-0.1, -0.05) is 18.2 Å². The van der Waals surface area contributed by atoms with Gasteiger partial charge in [0.25, 0.3) is 5.91 Å². The van der Waals surface area contributed by atoms with Crippen LogP contribution in [0.1, 0.15) is 29.6 Å². The van der Waals surface area contributed by atoms with Crippen molar-refractivity contribution in [3.05, 3.63) is 42.1 Å². The Hall–Kier alpha value is -1.73. The van der Waals surface area contributed by atoms with Crippen molar-refractivity contribution in [2.75, 3.05) is 32.8 Å². The van der Waals surface area contributed by atoms with Crippen LogP contribution in [0.15, 0.2) is 36.5 Å². The second-order valence-corrected chi connectivity index (χ2v) is 8.38. The Morgan fingerprint density at radius 2 is 2.11 bits per heavy atom. The Bertz CT molecular complexity index is 837. The number of carbonyl (C=O) groups is 1. The number of aromatic nitrogens is 1. The fourth-order valence-electron chi connectivity index (χ4n) is 4.20. The molecule has 4 rings (SSSR count). The first-order valence-corrected chi connectivity index (χ1v) is 10.4. The third kappa shape index (κ3) is 4.01. The predicted octanol–water partition coefficient (Wildman–Crippen LogP) is 2.15. The molecule has 0 saturated carbocycles. The van der Waals surface area contributed by atoms with E-state index in [0.717, 1.165) is 51.0 Å². The lowest BCUT2D eigenvalue weighted by Crippen LogP contribution is -2.64. The molecule has 0 radical (unpaired) electrons. The van der Waals surface area contributed by atoms with E-state index in [1.807, 2.05) is 24.3 Å². The minimum atomic E-state index is -0.614. The smallest absolute Gasteiger partial charge is 0.253 e. The number of nitrogens with zero attached hydrogens (tertiary/aromatic N) is 2. The number of nitrogens with one attached hydrogen (secondary N) is 1. The number of hydrogen-bond donors (Lipinski definition) is 2. The highest BCUT2D eigenvalue weighted by Gasteiger charge is 2.41. The van der Waals surface area contributed by atoms with Crippen LogP contribution in [0, 0.1) is 0 Å². The number of fused-ring (bicyclic) bond motifs is 1. The number of benzene rings is 1. The summed E-state index contributed by atoms with van der Waals surface area (Å²) in [4.78, 5) is 19.6. The minimum Gasteiger partial charge on any atom is -0.381 e. The molecule has 0 spiro atoms. The third-order valence-electron chi connectivity index (χ3n) is 6.05. The van der Waals surface area contributed by atoms with E-state index in [1.54, 1.807) is 12.3 Å². The van der Waals surface area contributed by atoms with Gasteiger partial charge in [0, 0.05) is 50.5 Å². The predicted molar refractivity (Wildman–Crippen MR) is 111 cm³/mol. The maximum atomic E-state index is 12.8. The number of alkyl halides is 1. The Morgan fingerprint density at radius 3 is 2.89 bits per heavy atom. The summed E-state index contributed by atoms with van der Waals surface area (Å²) in [7, 11) is 0. The SMILES string of the molecule is NC1(CNC(=O)c2cccc3cccnc23)CCN(C2CCOCC2)CC1Cl. The second-order valence-electron chi connectivity index (χ2n) is 7.85. The van der Waals surface area contributed by atoms with Crippen LogP contribution in [-0.4, -0.2) is 65.6 Å². The quantitative estimate of drug-likeness (QED) is 0.766. The van der Waals surface area contributed by atoms with Crippen LogP contribution in [0.2, 0.25) is 0 Å². The number of piperidine rings is 1. The average molecular weight is 403 g/mol. The lowest BCUT2D eigenvalue weighted by molar-refractivity contribution is 0.0191. The van der Waals surface area contributed by atoms with Crippen LogP contribution in [0.25, 0.3) is 10.9 Å². The molecule has 1 aromatic carbocycles. The standard InChI is InChI=1S/C21H27ClN4O2/c22-18-13-26(16-6-11-28-12-7-16)10-8-21(18,23)14-25-20(27)17-5-1-3-15-4-2-9-24-19(15)17/h1-5,9,16,18H,6-8,10-14,23H2,(H,25,27). The number of amides is 1. The molecule has 2 fully saturated rings. The second kappa shape index (κ2) is 8.33. The van der Waals surface area contributed by atoms with Gasteiger partial charge in [0.2, 0.25) is 0 Å². The largest absolute Gasteiger partial charge is 0.381 e. The number of rotatable bonds is 4. The van der Waals surface area contributed by atoms with E-state index >= 15 is 0 Å². The summed E-state index contributed by atoms with van der Waals surface area (Å²) in [5.41, 5.74) is 7.27. The molecule has 2 aromatic rings. The van der Waals surface area contributed by atoms with Gasteiger partial charge in [0.05, 0.1) is 22.0 Å². The molecule has 2 saturated heterocycles. The van der Waals surface area contributed by atoms with Crippen LogP contribution in [0.5, 0.6) is 0 Å². The van der Waals surface area contributed by atoms with E-state index in [9.17, 15) is 4.79 Å². The molecule has 7 heteroatoms. The van der Waals surface area contributed by atoms with Gasteiger partial charge < -0.3 is 15.8 Å². The number of ether oxygens (including phenoxy) is 1. The van der Waals surface area contributed by atoms with E-state index in [-0.39, 0.29) is 11.3 Å². The highest BCUT2D eigenvalue weighted by Crippen LogP contribution is 2.28. The van der Waals surface area contributed by atoms with Gasteiger partial charge >= 0.3 is 0 Å². The average Bonchev–Trinajstić information content (AvgIpc) is 2.74. The maximum Gasteiger partial charge on any atom is 0.253 e. The summed E-state index contributed by atoms with van der Waals surface area (Å²) in [5, 5.41) is 3.73. The molecule has 1 amide bonds. The minimum absolute atomic E-state index is 0.162. The molecule has 2 unspecified atom stereocenters. The Morgan fingerprint density at radius 1 is 1.32 bits per heavy atom. The lowest BCUT2D eigenvalue weighted by atomic mass is 9.86. The van der Waals surface area contributed by atoms with E-state index in [2.05, 4.69) is 15.2 Å². The molecule has 6 nitrogen and oxygen atoms in total. The normalized spacial score (nSPS) is 27.0. The zero-order chi connectivity index (χ0) is 19.6. The van der Waals surface area contributed by atoms with E-state index < -0.39 is 5.54 Å². The Balaban J connectivity index is 1.39. The molecular formula is C21H27ClN4O2. The molecule has 1 aromatic heterocycles. The van der Waals surface area contributed by atoms with E-state index in [1.165, 1.54) is 0 Å². The van der Waals surface area contributed by atoms with E-state index in [0.29, 0.717) is 23.7 Å². The monoisotopic (exact) mass is 402 g/mol. The summed E-state index contributed by atoms with van der Waals surface area (Å²) in [6, 6.07) is 9.95. The molecule has 0 aliphatic carbocycles. The van der Waals surface area contributed by atoms with E-state index in [4.69, 9.17) is 22.1 Å². The van der Waals surface area contributed by atoms with Crippen LogP contribution in [-0.2, 0) is 4.74 Å². The van der Waals surface area contributed by atoms with Crippen molar-refractivity contribution < 1.29 is 9.53 Å². The van der Waals surface area contributed by atoms with Crippen molar-refractivity contribution >= 4 is 28.4 Å². The van der Waals surface area contributed by atoms with Crippen molar-refractivity contribution in [1.29, 1.82) is 0 Å². The molecular weight excluding hydrogens is 376 g/mol. The Labute approximate surface area is 170 Å². The number of likely N-dealkylation sites (tertiary alicyclic amines) is 1. The molecule has 0 bridgehead atoms. The van der Waals surface area contributed by atoms with Crippen LogP contribution in [0.3, 0.4) is 0 Å². The topological polar surface area (TPSA) is 80.5 Å². The Kier molecular flexibility index (Phi) is 5.83. The summed E-state index contributed by atoms with van der Waals surface area (Å²) < 4.78 is 5.46. The highest BCUT2D eigenvalue weighted by molar-refractivity contribution is 6.21. The molecule has 2 aliphatic heterocycles. The van der Waals surface area contributed by atoms with Crippen LogP contribution >= 0.6 is 11.6 Å². The first-order valence-electron chi connectivity index (χ1n) is 9.93. The summed E-state index contributed by atoms with van der Waals surface area (Å²) in [6.07, 6.45) is 4.55. The van der Waals surface area contributed by atoms with Crippen molar-refractivity contribution in [2.45, 2.75) is 36.2 Å². The number of halogens is 1. The van der Waals surface area contributed by atoms with Crippen LogP contribution < -0.4 is 11.1 Å². The molecule has 2 atom stereocenters. The van der Waals surface area contributed by atoms with Gasteiger partial charge in [-0.15, -0.1) is 11.6 Å². The lowest BCUT2D eigenvalue weighted by Gasteiger charge is -2.46. The zero-order valence-electron chi connectivity index (χ0n) is 15.9. The first-order chi connectivity index (χ1) is 13.6. The molecule has 2 aliphatic rings. The number of carbonyl (C=O) groups excluding carboxylic acids is 1. The number of nitrogens with two attached hydrogens (primary N) is 1. The van der Waals surface area contributed by atoms with Crippen molar-refractivity contribution in [3.8, 4) is 0 Å². The van der Waals surface area contributed by atoms with Crippen molar-refractivity contribution in [3.63, 3.8) is 0 Å². The summed E-state index contributed by atoms with van der Waals surface area (Å²) in [5.74, 6) is -0.162. The fraction of sp³-hybridized carbons (Fsp3) is 0.524. The number of hydrogen-bond acceptors (Lipinski definition) is 5. The van der Waals surface area contributed by atoms with Gasteiger partial charge in [-0.25, -0.2) is 0 Å². The van der Waals surface area contributed by atoms with Gasteiger partial charge in [-0.05, 0) is 31.4 Å². The highest BCUT2D eigenvalue weighted by atomic mass is 35.5. The summed E-state index contributed by atoms with van der Waals surface area (Å²) in [6.45, 7) is 3.63.